The first-order chi connectivity index (χ1) is 4.65. The number of hydrogen-bond acceptors (Lipinski definition) is 1. The number of rotatable bonds is 2. The molecule has 2 N–H and O–H groups in total. The standard InChI is InChI=1S/C9H19NO/c1-8(2,3)6-9(4,5)7(10)11/h6H2,1-5H3,(H2,10,11). The lowest BCUT2D eigenvalue weighted by atomic mass is 9.76. The van der Waals surface area contributed by atoms with Gasteiger partial charge in [-0.25, -0.2) is 0 Å². The van der Waals surface area contributed by atoms with Crippen molar-refractivity contribution in [3.63, 3.8) is 0 Å². The second-order valence-electron chi connectivity index (χ2n) is 4.99. The second-order valence-corrected chi connectivity index (χ2v) is 4.99. The Hall–Kier alpha value is -0.530. The molecule has 0 heterocycles. The van der Waals surface area contributed by atoms with E-state index in [9.17, 15) is 4.79 Å². The molecule has 0 aromatic rings. The molecule has 0 unspecified atom stereocenters. The number of hydrogen-bond donors (Lipinski definition) is 1. The van der Waals surface area contributed by atoms with Crippen LogP contribution in [0.2, 0.25) is 0 Å². The molecule has 0 spiro atoms. The molecule has 0 atom stereocenters. The van der Waals surface area contributed by atoms with Crippen LogP contribution in [-0.2, 0) is 4.79 Å². The quantitative estimate of drug-likeness (QED) is 0.654. The Morgan fingerprint density at radius 3 is 1.64 bits per heavy atom. The van der Waals surface area contributed by atoms with Crippen molar-refractivity contribution in [1.82, 2.24) is 0 Å². The summed E-state index contributed by atoms with van der Waals surface area (Å²) >= 11 is 0. The molecule has 0 saturated heterocycles. The van der Waals surface area contributed by atoms with E-state index in [1.54, 1.807) is 0 Å². The first-order valence-electron chi connectivity index (χ1n) is 3.95. The number of primary amides is 1. The molecular formula is C9H19NO. The maximum absolute atomic E-state index is 10.9. The largest absolute Gasteiger partial charge is 0.369 e. The molecule has 0 fully saturated rings. The van der Waals surface area contributed by atoms with E-state index in [1.807, 2.05) is 13.8 Å². The highest BCUT2D eigenvalue weighted by Crippen LogP contribution is 2.32. The maximum Gasteiger partial charge on any atom is 0.223 e. The van der Waals surface area contributed by atoms with Gasteiger partial charge in [0.25, 0.3) is 0 Å². The van der Waals surface area contributed by atoms with Crippen LogP contribution in [-0.4, -0.2) is 5.91 Å². The lowest BCUT2D eigenvalue weighted by Crippen LogP contribution is -2.34. The average Bonchev–Trinajstić information content (AvgIpc) is 1.56. The predicted octanol–water partition coefficient (Wildman–Crippen LogP) is 1.93. The van der Waals surface area contributed by atoms with Gasteiger partial charge < -0.3 is 5.73 Å². The lowest BCUT2D eigenvalue weighted by Gasteiger charge is -2.29. The van der Waals surface area contributed by atoms with Gasteiger partial charge in [0.2, 0.25) is 5.91 Å². The number of carbonyl (C=O) groups excluding carboxylic acids is 1. The van der Waals surface area contributed by atoms with Crippen molar-refractivity contribution < 1.29 is 4.79 Å². The summed E-state index contributed by atoms with van der Waals surface area (Å²) in [5.74, 6) is -0.215. The zero-order chi connectivity index (χ0) is 9.28. The van der Waals surface area contributed by atoms with Crippen molar-refractivity contribution in [2.24, 2.45) is 16.6 Å². The van der Waals surface area contributed by atoms with Gasteiger partial charge in [-0.1, -0.05) is 34.6 Å². The van der Waals surface area contributed by atoms with Crippen LogP contribution in [0.15, 0.2) is 0 Å². The molecule has 0 aromatic heterocycles. The molecule has 0 rings (SSSR count). The van der Waals surface area contributed by atoms with Crippen LogP contribution in [0.3, 0.4) is 0 Å². The smallest absolute Gasteiger partial charge is 0.223 e. The summed E-state index contributed by atoms with van der Waals surface area (Å²) in [6, 6.07) is 0. The minimum atomic E-state index is -0.377. The number of nitrogens with two attached hydrogens (primary N) is 1. The SMILES string of the molecule is CC(C)(C)CC(C)(C)C(N)=O. The third-order valence-corrected chi connectivity index (χ3v) is 1.64. The minimum absolute atomic E-state index is 0.165. The van der Waals surface area contributed by atoms with Crippen LogP contribution >= 0.6 is 0 Å². The fraction of sp³-hybridized carbons (Fsp3) is 0.889. The molecule has 1 amide bonds. The fourth-order valence-electron chi connectivity index (χ4n) is 1.41. The summed E-state index contributed by atoms with van der Waals surface area (Å²) < 4.78 is 0. The topological polar surface area (TPSA) is 43.1 Å². The van der Waals surface area contributed by atoms with E-state index in [2.05, 4.69) is 20.8 Å². The van der Waals surface area contributed by atoms with E-state index in [4.69, 9.17) is 5.73 Å². The average molecular weight is 157 g/mol. The molecule has 0 aliphatic rings. The summed E-state index contributed by atoms with van der Waals surface area (Å²) in [6.45, 7) is 10.1. The summed E-state index contributed by atoms with van der Waals surface area (Å²) in [5.41, 5.74) is 5.03. The molecular weight excluding hydrogens is 138 g/mol. The van der Waals surface area contributed by atoms with Gasteiger partial charge in [0, 0.05) is 5.41 Å². The second kappa shape index (κ2) is 2.84. The minimum Gasteiger partial charge on any atom is -0.369 e. The Labute approximate surface area is 69.2 Å². The zero-order valence-electron chi connectivity index (χ0n) is 8.19. The highest BCUT2D eigenvalue weighted by molar-refractivity contribution is 5.79. The third-order valence-electron chi connectivity index (χ3n) is 1.64. The highest BCUT2D eigenvalue weighted by atomic mass is 16.1. The predicted molar refractivity (Wildman–Crippen MR) is 47.0 cm³/mol. The van der Waals surface area contributed by atoms with Gasteiger partial charge in [0.15, 0.2) is 0 Å². The van der Waals surface area contributed by atoms with Crippen molar-refractivity contribution in [3.05, 3.63) is 0 Å². The molecule has 0 radical (unpaired) electrons. The van der Waals surface area contributed by atoms with Crippen LogP contribution in [0.5, 0.6) is 0 Å². The molecule has 2 heteroatoms. The van der Waals surface area contributed by atoms with E-state index in [-0.39, 0.29) is 16.7 Å². The molecule has 2 nitrogen and oxygen atoms in total. The monoisotopic (exact) mass is 157 g/mol. The lowest BCUT2D eigenvalue weighted by molar-refractivity contribution is -0.127. The zero-order valence-corrected chi connectivity index (χ0v) is 8.19. The Kier molecular flexibility index (Phi) is 2.70. The van der Waals surface area contributed by atoms with Crippen LogP contribution < -0.4 is 5.73 Å². The third kappa shape index (κ3) is 4.02. The van der Waals surface area contributed by atoms with Gasteiger partial charge >= 0.3 is 0 Å². The number of carbonyl (C=O) groups is 1. The normalized spacial score (nSPS) is 13.2. The molecule has 11 heavy (non-hydrogen) atoms. The Balaban J connectivity index is 4.25. The first-order valence-corrected chi connectivity index (χ1v) is 3.95. The summed E-state index contributed by atoms with van der Waals surface area (Å²) in [5, 5.41) is 0. The van der Waals surface area contributed by atoms with Crippen LogP contribution in [0, 0.1) is 10.8 Å². The highest BCUT2D eigenvalue weighted by Gasteiger charge is 2.30. The summed E-state index contributed by atoms with van der Waals surface area (Å²) in [6.07, 6.45) is 0.829. The van der Waals surface area contributed by atoms with Gasteiger partial charge in [-0.15, -0.1) is 0 Å². The van der Waals surface area contributed by atoms with Crippen molar-refractivity contribution in [1.29, 1.82) is 0 Å². The van der Waals surface area contributed by atoms with Crippen molar-refractivity contribution in [3.8, 4) is 0 Å². The van der Waals surface area contributed by atoms with Gasteiger partial charge in [-0.2, -0.15) is 0 Å². The molecule has 0 aliphatic heterocycles. The van der Waals surface area contributed by atoms with E-state index >= 15 is 0 Å². The maximum atomic E-state index is 10.9. The van der Waals surface area contributed by atoms with Crippen molar-refractivity contribution in [2.75, 3.05) is 0 Å². The van der Waals surface area contributed by atoms with Crippen LogP contribution in [0.25, 0.3) is 0 Å². The molecule has 66 valence electrons. The molecule has 0 aromatic carbocycles. The van der Waals surface area contributed by atoms with Gasteiger partial charge in [-0.3, -0.25) is 4.79 Å². The summed E-state index contributed by atoms with van der Waals surface area (Å²) in [4.78, 5) is 10.9. The van der Waals surface area contributed by atoms with Gasteiger partial charge in [-0.05, 0) is 11.8 Å². The Morgan fingerprint density at radius 1 is 1.18 bits per heavy atom. The van der Waals surface area contributed by atoms with E-state index in [0.717, 1.165) is 6.42 Å². The van der Waals surface area contributed by atoms with Crippen LogP contribution in [0.1, 0.15) is 41.0 Å². The Bertz CT molecular complexity index is 153. The van der Waals surface area contributed by atoms with Crippen molar-refractivity contribution in [2.45, 2.75) is 41.0 Å². The summed E-state index contributed by atoms with van der Waals surface area (Å²) in [7, 11) is 0. The van der Waals surface area contributed by atoms with Crippen LogP contribution in [0.4, 0.5) is 0 Å². The number of amides is 1. The van der Waals surface area contributed by atoms with E-state index in [0.29, 0.717) is 0 Å². The molecule has 0 saturated carbocycles. The van der Waals surface area contributed by atoms with Gasteiger partial charge in [0.1, 0.15) is 0 Å². The fourth-order valence-corrected chi connectivity index (χ4v) is 1.41. The first kappa shape index (κ1) is 10.5. The molecule has 0 bridgehead atoms. The van der Waals surface area contributed by atoms with Gasteiger partial charge in [0.05, 0.1) is 0 Å². The molecule has 0 aliphatic carbocycles. The van der Waals surface area contributed by atoms with Crippen molar-refractivity contribution >= 4 is 5.91 Å². The Morgan fingerprint density at radius 2 is 1.55 bits per heavy atom. The van der Waals surface area contributed by atoms with E-state index in [1.165, 1.54) is 0 Å². The van der Waals surface area contributed by atoms with E-state index < -0.39 is 0 Å².